The van der Waals surface area contributed by atoms with E-state index < -0.39 is 35.3 Å². The molecule has 0 spiro atoms. The van der Waals surface area contributed by atoms with Crippen molar-refractivity contribution >= 4 is 34.9 Å². The van der Waals surface area contributed by atoms with Crippen molar-refractivity contribution in [2.24, 2.45) is 7.05 Å². The quantitative estimate of drug-likeness (QED) is 0.293. The topological polar surface area (TPSA) is 150 Å². The molecule has 0 radical (unpaired) electrons. The Morgan fingerprint density at radius 2 is 1.82 bits per heavy atom. The van der Waals surface area contributed by atoms with Gasteiger partial charge in [-0.05, 0) is 59.6 Å². The number of ether oxygens (including phenoxy) is 1. The Labute approximate surface area is 255 Å². The Balaban J connectivity index is 1.75. The SMILES string of the molecule is CNC(=O)c1cccc(C(=O)Cn2c(=O)c3c(nc(N4CCCC(NC(=O)OC(C)(C)C)C4)n3CC=C(C)C)n(C)c2=O)c1. The second-order valence-electron chi connectivity index (χ2n) is 12.2. The highest BCUT2D eigenvalue weighted by Crippen LogP contribution is 2.24. The van der Waals surface area contributed by atoms with Crippen molar-refractivity contribution in [3.8, 4) is 0 Å². The predicted molar refractivity (Wildman–Crippen MR) is 167 cm³/mol. The van der Waals surface area contributed by atoms with E-state index in [1.165, 1.54) is 30.8 Å². The number of alkyl carbamates (subject to hydrolysis) is 1. The number of carbonyl (C=O) groups is 3. The molecule has 1 aliphatic heterocycles. The first-order chi connectivity index (χ1) is 20.7. The van der Waals surface area contributed by atoms with Crippen LogP contribution in [0.25, 0.3) is 11.2 Å². The van der Waals surface area contributed by atoms with Gasteiger partial charge in [0.1, 0.15) is 5.60 Å². The summed E-state index contributed by atoms with van der Waals surface area (Å²) in [7, 11) is 3.01. The van der Waals surface area contributed by atoms with Gasteiger partial charge in [0.05, 0.1) is 6.54 Å². The monoisotopic (exact) mass is 607 g/mol. The van der Waals surface area contributed by atoms with Gasteiger partial charge in [0, 0.05) is 50.9 Å². The molecule has 1 fully saturated rings. The molecule has 0 aliphatic carbocycles. The smallest absolute Gasteiger partial charge is 0.407 e. The number of rotatable bonds is 8. The maximum absolute atomic E-state index is 14.0. The molecule has 236 valence electrons. The van der Waals surface area contributed by atoms with Crippen LogP contribution in [0.2, 0.25) is 0 Å². The predicted octanol–water partition coefficient (Wildman–Crippen LogP) is 2.60. The third-order valence-electron chi connectivity index (χ3n) is 7.30. The van der Waals surface area contributed by atoms with Gasteiger partial charge in [-0.2, -0.15) is 4.98 Å². The number of imidazole rings is 1. The van der Waals surface area contributed by atoms with Crippen LogP contribution in [0.5, 0.6) is 0 Å². The van der Waals surface area contributed by atoms with Gasteiger partial charge >= 0.3 is 11.8 Å². The number of carbonyl (C=O) groups excluding carboxylic acids is 3. The highest BCUT2D eigenvalue weighted by Gasteiger charge is 2.29. The van der Waals surface area contributed by atoms with Gasteiger partial charge in [-0.15, -0.1) is 0 Å². The molecule has 1 aromatic carbocycles. The summed E-state index contributed by atoms with van der Waals surface area (Å²) in [6.07, 6.45) is 2.96. The van der Waals surface area contributed by atoms with E-state index in [-0.39, 0.29) is 28.7 Å². The van der Waals surface area contributed by atoms with Crippen LogP contribution in [0.15, 0.2) is 45.5 Å². The van der Waals surface area contributed by atoms with E-state index in [0.717, 1.165) is 23.0 Å². The van der Waals surface area contributed by atoms with Crippen LogP contribution in [0.4, 0.5) is 10.7 Å². The second-order valence-corrected chi connectivity index (χ2v) is 12.2. The molecule has 2 aromatic heterocycles. The van der Waals surface area contributed by atoms with E-state index in [1.807, 2.05) is 24.8 Å². The first-order valence-electron chi connectivity index (χ1n) is 14.6. The normalized spacial score (nSPS) is 15.2. The van der Waals surface area contributed by atoms with Crippen molar-refractivity contribution < 1.29 is 19.1 Å². The third-order valence-corrected chi connectivity index (χ3v) is 7.30. The van der Waals surface area contributed by atoms with Crippen molar-refractivity contribution in [2.75, 3.05) is 25.0 Å². The minimum Gasteiger partial charge on any atom is -0.444 e. The van der Waals surface area contributed by atoms with E-state index in [4.69, 9.17) is 9.72 Å². The van der Waals surface area contributed by atoms with Crippen LogP contribution in [0.3, 0.4) is 0 Å². The molecule has 13 nitrogen and oxygen atoms in total. The molecule has 0 bridgehead atoms. The Morgan fingerprint density at radius 1 is 1.11 bits per heavy atom. The third kappa shape index (κ3) is 7.09. The molecule has 13 heteroatoms. The lowest BCUT2D eigenvalue weighted by molar-refractivity contribution is 0.0499. The molecular formula is C31H41N7O6. The molecule has 3 heterocycles. The number of benzene rings is 1. The summed E-state index contributed by atoms with van der Waals surface area (Å²) in [5.74, 6) is -0.356. The first kappa shape index (κ1) is 32.2. The highest BCUT2D eigenvalue weighted by atomic mass is 16.6. The van der Waals surface area contributed by atoms with Crippen LogP contribution in [0.1, 0.15) is 68.2 Å². The second kappa shape index (κ2) is 12.9. The maximum Gasteiger partial charge on any atom is 0.407 e. The zero-order valence-electron chi connectivity index (χ0n) is 26.4. The van der Waals surface area contributed by atoms with E-state index in [0.29, 0.717) is 31.1 Å². The molecule has 3 aromatic rings. The maximum atomic E-state index is 14.0. The summed E-state index contributed by atoms with van der Waals surface area (Å²) in [5.41, 5.74) is -0.0403. The number of nitrogens with one attached hydrogen (secondary N) is 2. The number of amides is 2. The van der Waals surface area contributed by atoms with Crippen LogP contribution >= 0.6 is 0 Å². The van der Waals surface area contributed by atoms with Gasteiger partial charge in [0.15, 0.2) is 16.9 Å². The van der Waals surface area contributed by atoms with E-state index >= 15 is 0 Å². The summed E-state index contributed by atoms with van der Waals surface area (Å²) in [6, 6.07) is 5.91. The molecule has 0 saturated carbocycles. The van der Waals surface area contributed by atoms with E-state index in [1.54, 1.807) is 37.5 Å². The van der Waals surface area contributed by atoms with Crippen molar-refractivity contribution in [1.82, 2.24) is 29.3 Å². The largest absolute Gasteiger partial charge is 0.444 e. The number of Topliss-reactive ketones (excluding diaryl/α,β-unsaturated/α-hetero) is 1. The zero-order valence-corrected chi connectivity index (χ0v) is 26.4. The lowest BCUT2D eigenvalue weighted by Crippen LogP contribution is -2.49. The molecule has 2 amide bonds. The van der Waals surface area contributed by atoms with Crippen molar-refractivity contribution in [3.63, 3.8) is 0 Å². The molecule has 44 heavy (non-hydrogen) atoms. The van der Waals surface area contributed by atoms with Gasteiger partial charge in [-0.1, -0.05) is 23.8 Å². The average molecular weight is 608 g/mol. The van der Waals surface area contributed by atoms with Gasteiger partial charge in [-0.3, -0.25) is 23.5 Å². The number of allylic oxidation sites excluding steroid dienone is 2. The molecule has 2 N–H and O–H groups in total. The number of fused-ring (bicyclic) bond motifs is 1. The first-order valence-corrected chi connectivity index (χ1v) is 14.6. The Kier molecular flexibility index (Phi) is 9.45. The molecule has 4 rings (SSSR count). The summed E-state index contributed by atoms with van der Waals surface area (Å²) in [6.45, 7) is 10.2. The number of anilines is 1. The van der Waals surface area contributed by atoms with Gasteiger partial charge in [0.2, 0.25) is 5.95 Å². The summed E-state index contributed by atoms with van der Waals surface area (Å²) in [4.78, 5) is 71.9. The zero-order chi connectivity index (χ0) is 32.3. The number of hydrogen-bond donors (Lipinski definition) is 2. The van der Waals surface area contributed by atoms with Gasteiger partial charge in [-0.25, -0.2) is 9.59 Å². The fourth-order valence-electron chi connectivity index (χ4n) is 5.15. The molecule has 1 atom stereocenters. The Bertz CT molecular complexity index is 1740. The lowest BCUT2D eigenvalue weighted by Gasteiger charge is -2.34. The standard InChI is InChI=1S/C31H41N7O6/c1-19(2)13-15-37-24-25(34-28(37)36-14-9-12-22(17-36)33-29(42)44-31(3,4)5)35(7)30(43)38(27(24)41)18-23(39)20-10-8-11-21(16-20)26(40)32-6/h8,10-11,13,16,22H,9,12,14-15,17-18H2,1-7H3,(H,32,40)(H,33,42). The number of aromatic nitrogens is 4. The highest BCUT2D eigenvalue weighted by molar-refractivity contribution is 6.00. The number of nitrogens with zero attached hydrogens (tertiary/aromatic N) is 5. The summed E-state index contributed by atoms with van der Waals surface area (Å²) < 4.78 is 9.37. The number of hydrogen-bond acceptors (Lipinski definition) is 8. The van der Waals surface area contributed by atoms with Crippen molar-refractivity contribution in [3.05, 3.63) is 67.9 Å². The van der Waals surface area contributed by atoms with Crippen LogP contribution in [0, 0.1) is 0 Å². The number of piperidine rings is 1. The van der Waals surface area contributed by atoms with Crippen molar-refractivity contribution in [2.45, 2.75) is 72.2 Å². The fraction of sp³-hybridized carbons (Fsp3) is 0.484. The van der Waals surface area contributed by atoms with Crippen LogP contribution < -0.4 is 26.8 Å². The number of ketones is 1. The molecule has 1 saturated heterocycles. The summed E-state index contributed by atoms with van der Waals surface area (Å²) in [5, 5.41) is 5.45. The summed E-state index contributed by atoms with van der Waals surface area (Å²) >= 11 is 0. The Morgan fingerprint density at radius 3 is 2.48 bits per heavy atom. The van der Waals surface area contributed by atoms with E-state index in [9.17, 15) is 24.0 Å². The Hall–Kier alpha value is -4.68. The van der Waals surface area contributed by atoms with Gasteiger partial charge in [0.25, 0.3) is 11.5 Å². The molecule has 1 unspecified atom stereocenters. The van der Waals surface area contributed by atoms with Crippen LogP contribution in [-0.4, -0.2) is 68.2 Å². The minimum atomic E-state index is -0.681. The fourth-order valence-corrected chi connectivity index (χ4v) is 5.15. The van der Waals surface area contributed by atoms with Gasteiger partial charge < -0.3 is 24.8 Å². The van der Waals surface area contributed by atoms with E-state index in [2.05, 4.69) is 10.6 Å². The van der Waals surface area contributed by atoms with Crippen LogP contribution in [-0.2, 0) is 24.9 Å². The minimum absolute atomic E-state index is 0.189. The lowest BCUT2D eigenvalue weighted by atomic mass is 10.1. The molecule has 1 aliphatic rings. The molecular weight excluding hydrogens is 566 g/mol. The van der Waals surface area contributed by atoms with Crippen molar-refractivity contribution in [1.29, 1.82) is 0 Å². The number of aryl methyl sites for hydroxylation is 1. The average Bonchev–Trinajstić information content (AvgIpc) is 3.35.